The Morgan fingerprint density at radius 3 is 2.25 bits per heavy atom. The summed E-state index contributed by atoms with van der Waals surface area (Å²) in [5, 5.41) is 24.6. The van der Waals surface area contributed by atoms with Crippen molar-refractivity contribution < 1.29 is 18.6 Å². The number of anilines is 2. The molecule has 8 nitrogen and oxygen atoms in total. The number of nitrogens with zero attached hydrogens (tertiary/aromatic N) is 3. The lowest BCUT2D eigenvalue weighted by atomic mass is 10.2. The average molecular weight is 335 g/mol. The van der Waals surface area contributed by atoms with Crippen LogP contribution in [-0.4, -0.2) is 19.0 Å². The SMILES string of the molecule is NC(=O)c1c(N)[n+]([O-])c2cc(N3CCCCCC3)c(F)cc2[n+]1[O-]. The number of halogens is 1. The van der Waals surface area contributed by atoms with E-state index in [2.05, 4.69) is 0 Å². The van der Waals surface area contributed by atoms with Crippen molar-refractivity contribution in [1.29, 1.82) is 0 Å². The van der Waals surface area contributed by atoms with E-state index in [0.717, 1.165) is 31.7 Å². The molecule has 0 saturated carbocycles. The molecule has 0 unspecified atom stereocenters. The monoisotopic (exact) mass is 335 g/mol. The van der Waals surface area contributed by atoms with Gasteiger partial charge in [0.15, 0.2) is 5.82 Å². The van der Waals surface area contributed by atoms with Crippen LogP contribution in [0.2, 0.25) is 0 Å². The number of nitrogen functional groups attached to an aromatic ring is 1. The molecule has 0 radical (unpaired) electrons. The van der Waals surface area contributed by atoms with Gasteiger partial charge < -0.3 is 21.0 Å². The molecule has 1 aromatic carbocycles. The molecular formula is C15H18FN5O3. The van der Waals surface area contributed by atoms with Crippen molar-refractivity contribution in [3.63, 3.8) is 0 Å². The average Bonchev–Trinajstić information content (AvgIpc) is 2.81. The first-order valence-electron chi connectivity index (χ1n) is 7.74. The molecule has 2 aromatic rings. The second kappa shape index (κ2) is 5.99. The molecule has 1 aliphatic rings. The van der Waals surface area contributed by atoms with Crippen molar-refractivity contribution >= 4 is 28.4 Å². The van der Waals surface area contributed by atoms with Crippen LogP contribution in [0.5, 0.6) is 0 Å². The third-order valence-corrected chi connectivity index (χ3v) is 4.33. The molecule has 4 N–H and O–H groups in total. The quantitative estimate of drug-likeness (QED) is 0.603. The number of aromatic nitrogens is 2. The predicted molar refractivity (Wildman–Crippen MR) is 85.4 cm³/mol. The smallest absolute Gasteiger partial charge is 0.372 e. The lowest BCUT2D eigenvalue weighted by molar-refractivity contribution is -0.620. The Balaban J connectivity index is 2.22. The molecule has 9 heteroatoms. The largest absolute Gasteiger partial charge is 0.710 e. The Hall–Kier alpha value is -2.84. The van der Waals surface area contributed by atoms with E-state index in [-0.39, 0.29) is 26.2 Å². The highest BCUT2D eigenvalue weighted by Crippen LogP contribution is 2.26. The first kappa shape index (κ1) is 16.0. The van der Waals surface area contributed by atoms with E-state index in [9.17, 15) is 19.6 Å². The van der Waals surface area contributed by atoms with Crippen LogP contribution in [0.1, 0.15) is 36.2 Å². The molecule has 0 bridgehead atoms. The van der Waals surface area contributed by atoms with Gasteiger partial charge in [-0.2, -0.15) is 0 Å². The van der Waals surface area contributed by atoms with Crippen LogP contribution in [-0.2, 0) is 0 Å². The minimum absolute atomic E-state index is 0.104. The van der Waals surface area contributed by atoms with E-state index in [1.54, 1.807) is 0 Å². The summed E-state index contributed by atoms with van der Waals surface area (Å²) in [6.45, 7) is 1.35. The van der Waals surface area contributed by atoms with E-state index >= 15 is 0 Å². The minimum Gasteiger partial charge on any atom is -0.710 e. The van der Waals surface area contributed by atoms with Crippen LogP contribution in [0.3, 0.4) is 0 Å². The molecule has 24 heavy (non-hydrogen) atoms. The van der Waals surface area contributed by atoms with Crippen LogP contribution in [0, 0.1) is 16.2 Å². The normalized spacial score (nSPS) is 15.5. The topological polar surface area (TPSA) is 126 Å². The van der Waals surface area contributed by atoms with Crippen molar-refractivity contribution in [3.8, 4) is 0 Å². The maximum absolute atomic E-state index is 14.5. The minimum atomic E-state index is -1.15. The van der Waals surface area contributed by atoms with E-state index < -0.39 is 23.2 Å². The molecular weight excluding hydrogens is 317 g/mol. The number of primary amides is 1. The van der Waals surface area contributed by atoms with E-state index in [1.807, 2.05) is 4.90 Å². The van der Waals surface area contributed by atoms with Gasteiger partial charge in [0.2, 0.25) is 5.52 Å². The Bertz CT molecular complexity index is 819. The third-order valence-electron chi connectivity index (χ3n) is 4.33. The van der Waals surface area contributed by atoms with Gasteiger partial charge in [0.1, 0.15) is 0 Å². The second-order valence-electron chi connectivity index (χ2n) is 5.88. The lowest BCUT2D eigenvalue weighted by Gasteiger charge is -2.23. The summed E-state index contributed by atoms with van der Waals surface area (Å²) in [5.74, 6) is -2.38. The third kappa shape index (κ3) is 2.51. The van der Waals surface area contributed by atoms with E-state index in [4.69, 9.17) is 11.5 Å². The summed E-state index contributed by atoms with van der Waals surface area (Å²) in [7, 11) is 0. The maximum Gasteiger partial charge on any atom is 0.372 e. The number of benzene rings is 1. The number of fused-ring (bicyclic) bond motifs is 1. The number of carbonyl (C=O) groups excluding carboxylic acids is 1. The Morgan fingerprint density at radius 2 is 1.67 bits per heavy atom. The highest BCUT2D eigenvalue weighted by Gasteiger charge is 2.30. The first-order valence-corrected chi connectivity index (χ1v) is 7.74. The van der Waals surface area contributed by atoms with E-state index in [1.165, 1.54) is 6.07 Å². The lowest BCUT2D eigenvalue weighted by Crippen LogP contribution is -2.47. The fraction of sp³-hybridized carbons (Fsp3) is 0.400. The molecule has 0 aliphatic carbocycles. The van der Waals surface area contributed by atoms with Crippen LogP contribution >= 0.6 is 0 Å². The Kier molecular flexibility index (Phi) is 4.00. The highest BCUT2D eigenvalue weighted by molar-refractivity contribution is 5.94. The van der Waals surface area contributed by atoms with Gasteiger partial charge in [-0.1, -0.05) is 12.8 Å². The molecule has 128 valence electrons. The van der Waals surface area contributed by atoms with Crippen molar-refractivity contribution in [2.24, 2.45) is 5.73 Å². The van der Waals surface area contributed by atoms with E-state index in [0.29, 0.717) is 13.1 Å². The van der Waals surface area contributed by atoms with Crippen molar-refractivity contribution in [2.75, 3.05) is 23.7 Å². The van der Waals surface area contributed by atoms with Gasteiger partial charge in [-0.15, -0.1) is 4.73 Å². The van der Waals surface area contributed by atoms with Crippen molar-refractivity contribution in [1.82, 2.24) is 0 Å². The molecule has 1 fully saturated rings. The van der Waals surface area contributed by atoms with Crippen molar-refractivity contribution in [3.05, 3.63) is 34.1 Å². The van der Waals surface area contributed by atoms with Gasteiger partial charge in [0.05, 0.1) is 11.8 Å². The molecule has 2 heterocycles. The Morgan fingerprint density at radius 1 is 1.08 bits per heavy atom. The first-order chi connectivity index (χ1) is 11.4. The Labute approximate surface area is 137 Å². The van der Waals surface area contributed by atoms with Crippen LogP contribution < -0.4 is 25.8 Å². The summed E-state index contributed by atoms with van der Waals surface area (Å²) < 4.78 is 14.9. The number of nitrogens with two attached hydrogens (primary N) is 2. The summed E-state index contributed by atoms with van der Waals surface area (Å²) in [6.07, 6.45) is 4.00. The molecule has 3 rings (SSSR count). The molecule has 1 amide bonds. The number of hydrogen-bond donors (Lipinski definition) is 2. The fourth-order valence-electron chi connectivity index (χ4n) is 3.10. The van der Waals surface area contributed by atoms with Gasteiger partial charge in [0, 0.05) is 19.2 Å². The van der Waals surface area contributed by atoms with Gasteiger partial charge in [-0.3, -0.25) is 10.5 Å². The van der Waals surface area contributed by atoms with Crippen molar-refractivity contribution in [2.45, 2.75) is 25.7 Å². The van der Waals surface area contributed by atoms with Gasteiger partial charge >= 0.3 is 17.4 Å². The highest BCUT2D eigenvalue weighted by atomic mass is 19.1. The maximum atomic E-state index is 14.5. The second-order valence-corrected chi connectivity index (χ2v) is 5.88. The zero-order valence-corrected chi connectivity index (χ0v) is 13.0. The standard InChI is InChI=1S/C15H18FN5O3/c16-9-7-11-12(8-10(9)19-5-3-1-2-4-6-19)21(24)14(17)13(15(18)22)20(11)23/h7-8H,1-6,17H2,(H2,18,22). The zero-order valence-electron chi connectivity index (χ0n) is 13.0. The van der Waals surface area contributed by atoms with Gasteiger partial charge in [0.25, 0.3) is 5.52 Å². The van der Waals surface area contributed by atoms with Crippen LogP contribution in [0.4, 0.5) is 15.9 Å². The molecule has 1 saturated heterocycles. The molecule has 0 atom stereocenters. The summed E-state index contributed by atoms with van der Waals surface area (Å²) >= 11 is 0. The number of carbonyl (C=O) groups is 1. The summed E-state index contributed by atoms with van der Waals surface area (Å²) in [4.78, 5) is 13.2. The van der Waals surface area contributed by atoms with Gasteiger partial charge in [-0.05, 0) is 12.8 Å². The van der Waals surface area contributed by atoms with Gasteiger partial charge in [-0.25, -0.2) is 9.12 Å². The molecule has 0 spiro atoms. The summed E-state index contributed by atoms with van der Waals surface area (Å²) in [6, 6.07) is 2.25. The number of rotatable bonds is 2. The fourth-order valence-corrected chi connectivity index (χ4v) is 3.10. The molecule has 1 aromatic heterocycles. The van der Waals surface area contributed by atoms with Crippen LogP contribution in [0.25, 0.3) is 11.0 Å². The molecule has 1 aliphatic heterocycles. The number of amides is 1. The summed E-state index contributed by atoms with van der Waals surface area (Å²) in [5.41, 5.74) is 9.81. The predicted octanol–water partition coefficient (Wildman–Crippen LogP) is 0.307. The zero-order chi connectivity index (χ0) is 17.4. The van der Waals surface area contributed by atoms with Crippen LogP contribution in [0.15, 0.2) is 12.1 Å². The number of hydrogen-bond acceptors (Lipinski definition) is 5.